The van der Waals surface area contributed by atoms with Crippen LogP contribution in [0.25, 0.3) is 0 Å². The molecule has 2 amide bonds. The number of hydrogen-bond acceptors (Lipinski definition) is 7. The second kappa shape index (κ2) is 9.01. The Bertz CT molecular complexity index is 1300. The molecule has 10 heteroatoms. The summed E-state index contributed by atoms with van der Waals surface area (Å²) in [5, 5.41) is 13.0. The molecule has 0 bridgehead atoms. The highest BCUT2D eigenvalue weighted by atomic mass is 35.5. The molecule has 0 radical (unpaired) electrons. The van der Waals surface area contributed by atoms with Crippen LogP contribution in [-0.4, -0.2) is 29.4 Å². The third-order valence-electron chi connectivity index (χ3n) is 6.04. The predicted molar refractivity (Wildman–Crippen MR) is 128 cm³/mol. The topological polar surface area (TPSA) is 102 Å². The molecule has 0 aromatic heterocycles. The number of nitrogens with zero attached hydrogens (tertiary/aromatic N) is 3. The van der Waals surface area contributed by atoms with E-state index in [1.54, 1.807) is 54.6 Å². The average molecular weight is 494 g/mol. The fraction of sp³-hybridized carbons (Fsp3) is 0.200. The largest absolute Gasteiger partial charge is 0.494 e. The predicted octanol–water partition coefficient (Wildman–Crippen LogP) is 4.70. The normalized spacial score (nSPS) is 21.4. The first-order chi connectivity index (χ1) is 16.9. The minimum absolute atomic E-state index is 0.0229. The van der Waals surface area contributed by atoms with Gasteiger partial charge in [-0.25, -0.2) is 9.96 Å². The van der Waals surface area contributed by atoms with Crippen molar-refractivity contribution in [1.82, 2.24) is 0 Å². The standard InChI is InChI=1S/C25H20ClN3O6/c1-2-34-18-11-9-16(10-12-18)27-24(30)21-22(15-8-13-19(26)20(14-15)29(32)33)28(35-23(21)25(27)31)17-6-4-3-5-7-17/h3-14,21-23H,2H2,1H3/t21-,22+,23+/m1/s1. The first-order valence-electron chi connectivity index (χ1n) is 11.0. The summed E-state index contributed by atoms with van der Waals surface area (Å²) in [6.45, 7) is 2.35. The maximum atomic E-state index is 13.7. The number of rotatable bonds is 6. The number of para-hydroxylation sites is 1. The minimum Gasteiger partial charge on any atom is -0.494 e. The van der Waals surface area contributed by atoms with Crippen molar-refractivity contribution in [2.75, 3.05) is 16.6 Å². The van der Waals surface area contributed by atoms with Crippen molar-refractivity contribution in [3.63, 3.8) is 0 Å². The zero-order valence-corrected chi connectivity index (χ0v) is 19.3. The molecule has 2 fully saturated rings. The van der Waals surface area contributed by atoms with E-state index >= 15 is 0 Å². The van der Waals surface area contributed by atoms with E-state index in [0.29, 0.717) is 29.3 Å². The van der Waals surface area contributed by atoms with Gasteiger partial charge in [0.05, 0.1) is 28.9 Å². The molecule has 178 valence electrons. The van der Waals surface area contributed by atoms with E-state index in [1.807, 2.05) is 13.0 Å². The Morgan fingerprint density at radius 1 is 1.00 bits per heavy atom. The van der Waals surface area contributed by atoms with E-state index < -0.39 is 34.8 Å². The van der Waals surface area contributed by atoms with E-state index in [4.69, 9.17) is 21.2 Å². The maximum absolute atomic E-state index is 13.7. The summed E-state index contributed by atoms with van der Waals surface area (Å²) in [4.78, 5) is 45.2. The van der Waals surface area contributed by atoms with Crippen molar-refractivity contribution >= 4 is 40.5 Å². The number of nitro benzene ring substituents is 1. The molecule has 2 saturated heterocycles. The van der Waals surface area contributed by atoms with Crippen molar-refractivity contribution < 1.29 is 24.1 Å². The van der Waals surface area contributed by atoms with Crippen LogP contribution in [-0.2, 0) is 14.4 Å². The van der Waals surface area contributed by atoms with Crippen LogP contribution in [0.15, 0.2) is 72.8 Å². The molecule has 0 saturated carbocycles. The zero-order chi connectivity index (χ0) is 24.7. The number of carbonyl (C=O) groups is 2. The number of halogens is 1. The third kappa shape index (κ3) is 3.88. The lowest BCUT2D eigenvalue weighted by molar-refractivity contribution is -0.384. The van der Waals surface area contributed by atoms with Gasteiger partial charge >= 0.3 is 0 Å². The summed E-state index contributed by atoms with van der Waals surface area (Å²) in [5.41, 5.74) is 1.15. The van der Waals surface area contributed by atoms with Gasteiger partial charge < -0.3 is 4.74 Å². The number of hydrogen-bond donors (Lipinski definition) is 0. The molecule has 3 aromatic rings. The summed E-state index contributed by atoms with van der Waals surface area (Å²) in [6.07, 6.45) is -1.09. The Kier molecular flexibility index (Phi) is 5.88. The molecular formula is C25H20ClN3O6. The lowest BCUT2D eigenvalue weighted by Gasteiger charge is -2.28. The molecule has 35 heavy (non-hydrogen) atoms. The number of fused-ring (bicyclic) bond motifs is 1. The first-order valence-corrected chi connectivity index (χ1v) is 11.3. The van der Waals surface area contributed by atoms with Gasteiger partial charge in [-0.3, -0.25) is 24.5 Å². The Morgan fingerprint density at radius 3 is 2.37 bits per heavy atom. The molecule has 0 aliphatic carbocycles. The molecule has 2 heterocycles. The lowest BCUT2D eigenvalue weighted by Crippen LogP contribution is -2.37. The summed E-state index contributed by atoms with van der Waals surface area (Å²) < 4.78 is 5.44. The highest BCUT2D eigenvalue weighted by molar-refractivity contribution is 6.32. The molecule has 2 aliphatic rings. The fourth-order valence-electron chi connectivity index (χ4n) is 4.52. The van der Waals surface area contributed by atoms with Crippen LogP contribution in [0.2, 0.25) is 5.02 Å². The number of amides is 2. The van der Waals surface area contributed by atoms with Crippen molar-refractivity contribution in [2.24, 2.45) is 5.92 Å². The van der Waals surface area contributed by atoms with Gasteiger partial charge in [0.15, 0.2) is 6.10 Å². The number of ether oxygens (including phenoxy) is 1. The highest BCUT2D eigenvalue weighted by Crippen LogP contribution is 2.48. The van der Waals surface area contributed by atoms with Gasteiger partial charge in [-0.05, 0) is 55.0 Å². The molecule has 0 spiro atoms. The first kappa shape index (κ1) is 22.8. The lowest BCUT2D eigenvalue weighted by atomic mass is 9.90. The van der Waals surface area contributed by atoms with Crippen LogP contribution < -0.4 is 14.7 Å². The molecule has 2 aliphatic heterocycles. The van der Waals surface area contributed by atoms with E-state index in [0.717, 1.165) is 4.90 Å². The number of carbonyl (C=O) groups excluding carboxylic acids is 2. The van der Waals surface area contributed by atoms with Crippen LogP contribution in [0.1, 0.15) is 18.5 Å². The van der Waals surface area contributed by atoms with Crippen molar-refractivity contribution in [3.8, 4) is 5.75 Å². The van der Waals surface area contributed by atoms with Crippen LogP contribution >= 0.6 is 11.6 Å². The monoisotopic (exact) mass is 493 g/mol. The second-order valence-corrected chi connectivity index (χ2v) is 8.47. The molecule has 5 rings (SSSR count). The van der Waals surface area contributed by atoms with Gasteiger partial charge in [0, 0.05) is 6.07 Å². The SMILES string of the molecule is CCOc1ccc(N2C(=O)[C@H]3[C@H](ON(c4ccccc4)[C@H]3c3ccc(Cl)c([N+](=O)[O-])c3)C2=O)cc1. The van der Waals surface area contributed by atoms with Crippen molar-refractivity contribution in [1.29, 1.82) is 0 Å². The van der Waals surface area contributed by atoms with E-state index in [9.17, 15) is 19.7 Å². The number of imide groups is 1. The summed E-state index contributed by atoms with van der Waals surface area (Å²) >= 11 is 6.03. The zero-order valence-electron chi connectivity index (χ0n) is 18.5. The van der Waals surface area contributed by atoms with Crippen LogP contribution in [0, 0.1) is 16.0 Å². The molecule has 9 nitrogen and oxygen atoms in total. The third-order valence-corrected chi connectivity index (χ3v) is 6.36. The van der Waals surface area contributed by atoms with Crippen LogP contribution in [0.5, 0.6) is 5.75 Å². The van der Waals surface area contributed by atoms with Crippen molar-refractivity contribution in [2.45, 2.75) is 19.1 Å². The van der Waals surface area contributed by atoms with E-state index in [-0.39, 0.29) is 10.7 Å². The van der Waals surface area contributed by atoms with Gasteiger partial charge in [-0.1, -0.05) is 35.9 Å². The Morgan fingerprint density at radius 2 is 1.71 bits per heavy atom. The number of nitro groups is 1. The molecule has 0 N–H and O–H groups in total. The van der Waals surface area contributed by atoms with E-state index in [2.05, 4.69) is 0 Å². The van der Waals surface area contributed by atoms with Gasteiger partial charge in [-0.2, -0.15) is 0 Å². The summed E-state index contributed by atoms with van der Waals surface area (Å²) in [7, 11) is 0. The molecular weight excluding hydrogens is 474 g/mol. The van der Waals surface area contributed by atoms with Gasteiger partial charge in [0.2, 0.25) is 5.91 Å². The van der Waals surface area contributed by atoms with E-state index in [1.165, 1.54) is 17.2 Å². The molecule has 3 aromatic carbocycles. The van der Waals surface area contributed by atoms with Crippen LogP contribution in [0.4, 0.5) is 17.1 Å². The smallest absolute Gasteiger partial charge is 0.288 e. The number of anilines is 2. The summed E-state index contributed by atoms with van der Waals surface area (Å²) in [5.74, 6) is -1.26. The number of hydroxylamine groups is 1. The van der Waals surface area contributed by atoms with Gasteiger partial charge in [-0.15, -0.1) is 0 Å². The average Bonchev–Trinajstić information content (AvgIpc) is 3.37. The second-order valence-electron chi connectivity index (χ2n) is 8.06. The van der Waals surface area contributed by atoms with Crippen molar-refractivity contribution in [3.05, 3.63) is 93.5 Å². The maximum Gasteiger partial charge on any atom is 0.288 e. The Hall–Kier alpha value is -3.95. The Labute approximate surface area is 205 Å². The van der Waals surface area contributed by atoms with Crippen LogP contribution in [0.3, 0.4) is 0 Å². The summed E-state index contributed by atoms with van der Waals surface area (Å²) in [6, 6.07) is 19.2. The quantitative estimate of drug-likeness (QED) is 0.278. The molecule has 3 atom stereocenters. The highest BCUT2D eigenvalue weighted by Gasteiger charge is 2.60. The minimum atomic E-state index is -1.09. The Balaban J connectivity index is 1.57. The number of benzene rings is 3. The molecule has 0 unspecified atom stereocenters. The van der Waals surface area contributed by atoms with Gasteiger partial charge in [0.25, 0.3) is 11.6 Å². The van der Waals surface area contributed by atoms with Gasteiger partial charge in [0.1, 0.15) is 16.7 Å². The fourth-order valence-corrected chi connectivity index (χ4v) is 4.70.